The highest BCUT2D eigenvalue weighted by molar-refractivity contribution is 6.31. The van der Waals surface area contributed by atoms with E-state index in [-0.39, 0.29) is 11.9 Å². The predicted molar refractivity (Wildman–Crippen MR) is 133 cm³/mol. The van der Waals surface area contributed by atoms with Crippen LogP contribution in [0.4, 0.5) is 0 Å². The Morgan fingerprint density at radius 1 is 1.06 bits per heavy atom. The van der Waals surface area contributed by atoms with Crippen LogP contribution in [0.1, 0.15) is 39.5 Å². The van der Waals surface area contributed by atoms with Crippen molar-refractivity contribution in [2.24, 2.45) is 5.10 Å². The molecule has 1 aliphatic rings. The fourth-order valence-electron chi connectivity index (χ4n) is 3.59. The number of nitrogens with one attached hydrogen (secondary N) is 3. The number of hydrazone groups is 1. The first-order valence-corrected chi connectivity index (χ1v) is 11.4. The maximum atomic E-state index is 12.5. The number of rotatable bonds is 8. The van der Waals surface area contributed by atoms with Crippen LogP contribution in [0.2, 0.25) is 5.02 Å². The van der Waals surface area contributed by atoms with Crippen LogP contribution >= 0.6 is 11.6 Å². The van der Waals surface area contributed by atoms with Crippen LogP contribution in [0.25, 0.3) is 0 Å². The van der Waals surface area contributed by atoms with Crippen LogP contribution in [0.3, 0.4) is 0 Å². The van der Waals surface area contributed by atoms with Gasteiger partial charge in [0.15, 0.2) is 0 Å². The molecule has 2 atom stereocenters. The molecule has 1 fully saturated rings. The van der Waals surface area contributed by atoms with E-state index in [1.807, 2.05) is 48.5 Å². The Labute approximate surface area is 208 Å². The van der Waals surface area contributed by atoms with E-state index in [1.165, 1.54) is 13.3 Å². The molecule has 3 N–H and O–H groups in total. The number of amides is 1. The van der Waals surface area contributed by atoms with Crippen molar-refractivity contribution >= 4 is 29.7 Å². The number of hydrogen-bond acceptors (Lipinski definition) is 7. The zero-order valence-corrected chi connectivity index (χ0v) is 19.8. The lowest BCUT2D eigenvalue weighted by Crippen LogP contribution is -2.41. The SMILES string of the molecule is COC(=O)c1ccc(/C=N/NC(=O)C2CC(c3ccc(OCc4ccccc4Cl)cc3)NN2)cc1. The number of hydrogen-bond donors (Lipinski definition) is 3. The summed E-state index contributed by atoms with van der Waals surface area (Å²) in [5.74, 6) is 0.0837. The van der Waals surface area contributed by atoms with Crippen molar-refractivity contribution < 1.29 is 19.1 Å². The molecule has 3 aromatic rings. The second kappa shape index (κ2) is 11.6. The molecule has 8 nitrogen and oxygen atoms in total. The molecule has 0 saturated carbocycles. The third-order valence-electron chi connectivity index (χ3n) is 5.57. The highest BCUT2D eigenvalue weighted by atomic mass is 35.5. The second-order valence-corrected chi connectivity index (χ2v) is 8.33. The fourth-order valence-corrected chi connectivity index (χ4v) is 3.78. The van der Waals surface area contributed by atoms with Gasteiger partial charge in [0.05, 0.1) is 18.9 Å². The highest BCUT2D eigenvalue weighted by Crippen LogP contribution is 2.25. The Kier molecular flexibility index (Phi) is 8.10. The molecule has 3 aromatic carbocycles. The minimum absolute atomic E-state index is 0.0294. The van der Waals surface area contributed by atoms with E-state index in [0.717, 1.165) is 22.4 Å². The van der Waals surface area contributed by atoms with Crippen molar-refractivity contribution in [1.29, 1.82) is 0 Å². The second-order valence-electron chi connectivity index (χ2n) is 7.93. The minimum Gasteiger partial charge on any atom is -0.489 e. The zero-order valence-electron chi connectivity index (χ0n) is 19.0. The van der Waals surface area contributed by atoms with Gasteiger partial charge in [-0.05, 0) is 47.9 Å². The van der Waals surface area contributed by atoms with Gasteiger partial charge in [0.1, 0.15) is 18.4 Å². The summed E-state index contributed by atoms with van der Waals surface area (Å²) in [5, 5.41) is 4.68. The molecule has 0 radical (unpaired) electrons. The van der Waals surface area contributed by atoms with Gasteiger partial charge < -0.3 is 9.47 Å². The number of esters is 1. The Hall–Kier alpha value is -3.72. The summed E-state index contributed by atoms with van der Waals surface area (Å²) >= 11 is 6.17. The number of hydrazine groups is 1. The van der Waals surface area contributed by atoms with E-state index in [4.69, 9.17) is 16.3 Å². The van der Waals surface area contributed by atoms with Crippen molar-refractivity contribution in [3.8, 4) is 5.75 Å². The molecule has 1 heterocycles. The predicted octanol–water partition coefficient (Wildman–Crippen LogP) is 3.76. The first-order chi connectivity index (χ1) is 17.0. The van der Waals surface area contributed by atoms with Crippen LogP contribution < -0.4 is 21.0 Å². The molecule has 1 saturated heterocycles. The van der Waals surface area contributed by atoms with E-state index >= 15 is 0 Å². The van der Waals surface area contributed by atoms with Gasteiger partial charge in [0.2, 0.25) is 0 Å². The molecule has 9 heteroatoms. The number of carbonyl (C=O) groups is 2. The lowest BCUT2D eigenvalue weighted by Gasteiger charge is -2.12. The number of methoxy groups -OCH3 is 1. The molecule has 4 rings (SSSR count). The summed E-state index contributed by atoms with van der Waals surface area (Å²) in [6.07, 6.45) is 2.08. The molecule has 180 valence electrons. The molecule has 1 aliphatic heterocycles. The largest absolute Gasteiger partial charge is 0.489 e. The number of carbonyl (C=O) groups excluding carboxylic acids is 2. The van der Waals surface area contributed by atoms with Crippen LogP contribution in [-0.4, -0.2) is 31.2 Å². The topological polar surface area (TPSA) is 101 Å². The first kappa shape index (κ1) is 24.4. The van der Waals surface area contributed by atoms with E-state index in [1.54, 1.807) is 24.3 Å². The number of halogens is 1. The van der Waals surface area contributed by atoms with Crippen molar-refractivity contribution in [2.45, 2.75) is 25.1 Å². The summed E-state index contributed by atoms with van der Waals surface area (Å²) < 4.78 is 10.5. The Balaban J connectivity index is 1.25. The van der Waals surface area contributed by atoms with Crippen LogP contribution in [0.5, 0.6) is 5.75 Å². The molecule has 2 unspecified atom stereocenters. The first-order valence-electron chi connectivity index (χ1n) is 11.0. The Bertz CT molecular complexity index is 1200. The third kappa shape index (κ3) is 6.45. The number of nitrogens with zero attached hydrogens (tertiary/aromatic N) is 1. The summed E-state index contributed by atoms with van der Waals surface area (Å²) in [6.45, 7) is 0.389. The van der Waals surface area contributed by atoms with Gasteiger partial charge in [0, 0.05) is 16.6 Å². The van der Waals surface area contributed by atoms with E-state index in [9.17, 15) is 9.59 Å². The van der Waals surface area contributed by atoms with Gasteiger partial charge in [0.25, 0.3) is 5.91 Å². The summed E-state index contributed by atoms with van der Waals surface area (Å²) in [7, 11) is 1.33. The number of benzene rings is 3. The van der Waals surface area contributed by atoms with Crippen LogP contribution in [-0.2, 0) is 16.1 Å². The third-order valence-corrected chi connectivity index (χ3v) is 5.94. The Morgan fingerprint density at radius 3 is 2.51 bits per heavy atom. The normalized spacial score (nSPS) is 17.3. The smallest absolute Gasteiger partial charge is 0.337 e. The maximum Gasteiger partial charge on any atom is 0.337 e. The lowest BCUT2D eigenvalue weighted by atomic mass is 10.0. The molecule has 0 aromatic heterocycles. The van der Waals surface area contributed by atoms with Gasteiger partial charge in [-0.1, -0.05) is 54.1 Å². The van der Waals surface area contributed by atoms with Gasteiger partial charge in [-0.2, -0.15) is 5.10 Å². The van der Waals surface area contributed by atoms with Gasteiger partial charge >= 0.3 is 5.97 Å². The molecular formula is C26H25ClN4O4. The van der Waals surface area contributed by atoms with Crippen LogP contribution in [0, 0.1) is 0 Å². The molecule has 0 spiro atoms. The molecule has 35 heavy (non-hydrogen) atoms. The monoisotopic (exact) mass is 492 g/mol. The average Bonchev–Trinajstić information content (AvgIpc) is 3.39. The maximum absolute atomic E-state index is 12.5. The molecular weight excluding hydrogens is 468 g/mol. The minimum atomic E-state index is -0.435. The van der Waals surface area contributed by atoms with Gasteiger partial charge in [-0.3, -0.25) is 4.79 Å². The zero-order chi connectivity index (χ0) is 24.6. The summed E-state index contributed by atoms with van der Waals surface area (Å²) in [4.78, 5) is 24.0. The summed E-state index contributed by atoms with van der Waals surface area (Å²) in [5.41, 5.74) is 11.9. The standard InChI is InChI=1S/C26H25ClN4O4/c1-34-26(33)19-8-6-17(7-9-19)15-28-31-25(32)24-14-23(29-30-24)18-10-12-21(13-11-18)35-16-20-4-2-3-5-22(20)27/h2-13,15,23-24,29-30H,14,16H2,1H3,(H,31,32)/b28-15+. The molecule has 0 bridgehead atoms. The van der Waals surface area contributed by atoms with Crippen molar-refractivity contribution in [1.82, 2.24) is 16.3 Å². The quantitative estimate of drug-likeness (QED) is 0.251. The van der Waals surface area contributed by atoms with Gasteiger partial charge in [-0.15, -0.1) is 0 Å². The molecule has 0 aliphatic carbocycles. The Morgan fingerprint density at radius 2 is 1.80 bits per heavy atom. The highest BCUT2D eigenvalue weighted by Gasteiger charge is 2.30. The molecule has 1 amide bonds. The summed E-state index contributed by atoms with van der Waals surface area (Å²) in [6, 6.07) is 21.6. The van der Waals surface area contributed by atoms with Crippen molar-refractivity contribution in [3.05, 3.63) is 100 Å². The number of ether oxygens (including phenoxy) is 2. The van der Waals surface area contributed by atoms with Crippen LogP contribution in [0.15, 0.2) is 77.9 Å². The fraction of sp³-hybridized carbons (Fsp3) is 0.192. The van der Waals surface area contributed by atoms with Crippen molar-refractivity contribution in [2.75, 3.05) is 7.11 Å². The lowest BCUT2D eigenvalue weighted by molar-refractivity contribution is -0.122. The van der Waals surface area contributed by atoms with E-state index in [0.29, 0.717) is 23.6 Å². The van der Waals surface area contributed by atoms with Crippen molar-refractivity contribution in [3.63, 3.8) is 0 Å². The van der Waals surface area contributed by atoms with E-state index in [2.05, 4.69) is 26.1 Å². The van der Waals surface area contributed by atoms with Gasteiger partial charge in [-0.25, -0.2) is 21.1 Å². The average molecular weight is 493 g/mol. The van der Waals surface area contributed by atoms with E-state index < -0.39 is 12.0 Å².